The largest absolute Gasteiger partial charge is 0.508 e. The van der Waals surface area contributed by atoms with E-state index in [2.05, 4.69) is 0 Å². The minimum atomic E-state index is -0.671. The maximum absolute atomic E-state index is 14.1. The van der Waals surface area contributed by atoms with Gasteiger partial charge in [-0.3, -0.25) is 4.79 Å². The molecule has 43 heavy (non-hydrogen) atoms. The summed E-state index contributed by atoms with van der Waals surface area (Å²) in [6, 6.07) is 13.3. The number of phenolic OH excluding ortho intramolecular Hbond substituents is 2. The van der Waals surface area contributed by atoms with Crippen LogP contribution < -0.4 is 23.7 Å². The van der Waals surface area contributed by atoms with Gasteiger partial charge in [0.25, 0.3) is 0 Å². The number of phenols is 2. The summed E-state index contributed by atoms with van der Waals surface area (Å²) in [6.07, 6.45) is 8.74. The van der Waals surface area contributed by atoms with Gasteiger partial charge in [0.15, 0.2) is 40.3 Å². The molecule has 0 radical (unpaired) electrons. The van der Waals surface area contributed by atoms with Crippen molar-refractivity contribution in [2.45, 2.75) is 18.3 Å². The lowest BCUT2D eigenvalue weighted by atomic mass is 9.68. The van der Waals surface area contributed by atoms with Gasteiger partial charge in [0.2, 0.25) is 0 Å². The minimum Gasteiger partial charge on any atom is -0.508 e. The van der Waals surface area contributed by atoms with Crippen LogP contribution in [-0.2, 0) is 4.79 Å². The Hall–Kier alpha value is -5.05. The summed E-state index contributed by atoms with van der Waals surface area (Å²) >= 11 is 0. The Morgan fingerprint density at radius 1 is 0.767 bits per heavy atom. The maximum atomic E-state index is 14.1. The van der Waals surface area contributed by atoms with E-state index < -0.39 is 11.8 Å². The van der Waals surface area contributed by atoms with Gasteiger partial charge in [-0.05, 0) is 59.9 Å². The molecule has 0 spiro atoms. The highest BCUT2D eigenvalue weighted by molar-refractivity contribution is 5.94. The number of rotatable bonds is 11. The Morgan fingerprint density at radius 2 is 1.37 bits per heavy atom. The SMILES string of the molecule is COc1cc(/C=C/C(O)=C/C(=O)[C@@H]2[C@H](c3cc(OC)c(OC)cc3OC)C=CC[C@H]2c2ccc(O)c(OC)c2)ccc1O. The van der Waals surface area contributed by atoms with Gasteiger partial charge in [-0.1, -0.05) is 30.4 Å². The summed E-state index contributed by atoms with van der Waals surface area (Å²) in [5.41, 5.74) is 2.16. The van der Waals surface area contributed by atoms with Crippen LogP contribution in [0.5, 0.6) is 40.2 Å². The fraction of sp³-hybridized carbons (Fsp3) is 0.265. The quantitative estimate of drug-likeness (QED) is 0.102. The number of allylic oxidation sites excluding steroid dienone is 4. The van der Waals surface area contributed by atoms with Crippen LogP contribution in [0.1, 0.15) is 34.9 Å². The molecule has 0 aliphatic heterocycles. The van der Waals surface area contributed by atoms with Crippen LogP contribution in [0, 0.1) is 5.92 Å². The van der Waals surface area contributed by atoms with Crippen molar-refractivity contribution in [2.75, 3.05) is 35.5 Å². The summed E-state index contributed by atoms with van der Waals surface area (Å²) in [5.74, 6) is 0.0362. The average Bonchev–Trinajstić information content (AvgIpc) is 3.03. The Kier molecular flexibility index (Phi) is 9.87. The fourth-order valence-electron chi connectivity index (χ4n) is 5.41. The first-order chi connectivity index (χ1) is 20.7. The Balaban J connectivity index is 1.79. The van der Waals surface area contributed by atoms with Crippen molar-refractivity contribution in [3.63, 3.8) is 0 Å². The van der Waals surface area contributed by atoms with Crippen LogP contribution in [0.4, 0.5) is 0 Å². The second-order valence-electron chi connectivity index (χ2n) is 9.94. The molecular formula is C34H36O9. The Morgan fingerprint density at radius 3 is 2.02 bits per heavy atom. The molecule has 0 saturated carbocycles. The van der Waals surface area contributed by atoms with Gasteiger partial charge in [0, 0.05) is 29.5 Å². The number of aromatic hydroxyl groups is 2. The third-order valence-corrected chi connectivity index (χ3v) is 7.55. The average molecular weight is 589 g/mol. The zero-order valence-corrected chi connectivity index (χ0v) is 24.7. The van der Waals surface area contributed by atoms with E-state index in [9.17, 15) is 20.1 Å². The molecule has 0 amide bonds. The zero-order valence-electron chi connectivity index (χ0n) is 24.7. The lowest BCUT2D eigenvalue weighted by molar-refractivity contribution is -0.119. The van der Waals surface area contributed by atoms with Gasteiger partial charge in [-0.2, -0.15) is 0 Å². The summed E-state index contributed by atoms with van der Waals surface area (Å²) in [5, 5.41) is 30.9. The molecular weight excluding hydrogens is 552 g/mol. The molecule has 3 atom stereocenters. The van der Waals surface area contributed by atoms with E-state index in [-0.39, 0.29) is 34.7 Å². The van der Waals surface area contributed by atoms with E-state index in [0.29, 0.717) is 40.5 Å². The third-order valence-electron chi connectivity index (χ3n) is 7.55. The number of ketones is 1. The molecule has 0 fully saturated rings. The Labute approximate surface area is 250 Å². The van der Waals surface area contributed by atoms with Gasteiger partial charge < -0.3 is 39.0 Å². The Bertz CT molecular complexity index is 1550. The number of carbonyl (C=O) groups excluding carboxylic acids is 1. The number of hydrogen-bond acceptors (Lipinski definition) is 9. The molecule has 3 aromatic rings. The first-order valence-corrected chi connectivity index (χ1v) is 13.6. The number of aliphatic hydroxyl groups is 1. The van der Waals surface area contributed by atoms with Crippen LogP contribution in [-0.4, -0.2) is 56.7 Å². The molecule has 0 heterocycles. The van der Waals surface area contributed by atoms with Crippen molar-refractivity contribution in [3.05, 3.63) is 95.3 Å². The number of ether oxygens (including phenoxy) is 5. The van der Waals surface area contributed by atoms with Crippen LogP contribution in [0.25, 0.3) is 6.08 Å². The fourth-order valence-corrected chi connectivity index (χ4v) is 5.41. The second kappa shape index (κ2) is 13.7. The van der Waals surface area contributed by atoms with E-state index in [4.69, 9.17) is 23.7 Å². The van der Waals surface area contributed by atoms with Crippen LogP contribution in [0.15, 0.2) is 78.6 Å². The first kappa shape index (κ1) is 30.9. The van der Waals surface area contributed by atoms with Crippen LogP contribution in [0.3, 0.4) is 0 Å². The normalized spacial score (nSPS) is 18.3. The van der Waals surface area contributed by atoms with Crippen molar-refractivity contribution in [3.8, 4) is 40.2 Å². The van der Waals surface area contributed by atoms with Crippen LogP contribution in [0.2, 0.25) is 0 Å². The lowest BCUT2D eigenvalue weighted by Crippen LogP contribution is -2.29. The van der Waals surface area contributed by atoms with Crippen molar-refractivity contribution in [1.29, 1.82) is 0 Å². The van der Waals surface area contributed by atoms with E-state index >= 15 is 0 Å². The van der Waals surface area contributed by atoms with Crippen molar-refractivity contribution < 1.29 is 43.8 Å². The molecule has 3 N–H and O–H groups in total. The highest BCUT2D eigenvalue weighted by atomic mass is 16.5. The summed E-state index contributed by atoms with van der Waals surface area (Å²) in [6.45, 7) is 0. The van der Waals surface area contributed by atoms with E-state index in [1.54, 1.807) is 55.7 Å². The maximum Gasteiger partial charge on any atom is 0.164 e. The van der Waals surface area contributed by atoms with E-state index in [1.807, 2.05) is 12.2 Å². The molecule has 1 aliphatic carbocycles. The molecule has 1 aliphatic rings. The van der Waals surface area contributed by atoms with Gasteiger partial charge in [0.05, 0.1) is 35.5 Å². The van der Waals surface area contributed by atoms with Crippen LogP contribution >= 0.6 is 0 Å². The van der Waals surface area contributed by atoms with Gasteiger partial charge >= 0.3 is 0 Å². The summed E-state index contributed by atoms with van der Waals surface area (Å²) < 4.78 is 27.2. The third kappa shape index (κ3) is 6.72. The standard InChI is InChI=1S/C34H36O9/c1-39-29-19-33(43-5)32(42-4)18-25(29)24-8-6-7-23(21-11-14-27(37)31(16-21)41-3)34(24)28(38)17-22(35)12-9-20-10-13-26(36)30(15-20)40-2/h6,8-19,23-24,34-37H,7H2,1-5H3/b12-9+,22-17-/t23-,24-,34-/m0/s1. The number of carbonyl (C=O) groups is 1. The molecule has 226 valence electrons. The predicted molar refractivity (Wildman–Crippen MR) is 163 cm³/mol. The number of benzene rings is 3. The van der Waals surface area contributed by atoms with Crippen molar-refractivity contribution in [2.24, 2.45) is 5.92 Å². The lowest BCUT2D eigenvalue weighted by Gasteiger charge is -2.35. The second-order valence-corrected chi connectivity index (χ2v) is 9.94. The van der Waals surface area contributed by atoms with Gasteiger partial charge in [-0.15, -0.1) is 0 Å². The summed E-state index contributed by atoms with van der Waals surface area (Å²) in [7, 11) is 7.53. The molecule has 0 unspecified atom stereocenters. The molecule has 0 bridgehead atoms. The number of aliphatic hydroxyl groups excluding tert-OH is 1. The summed E-state index contributed by atoms with van der Waals surface area (Å²) in [4.78, 5) is 14.1. The highest BCUT2D eigenvalue weighted by Crippen LogP contribution is 2.49. The first-order valence-electron chi connectivity index (χ1n) is 13.6. The van der Waals surface area contributed by atoms with Crippen molar-refractivity contribution in [1.82, 2.24) is 0 Å². The molecule has 3 aromatic carbocycles. The minimum absolute atomic E-state index is 0.00604. The van der Waals surface area contributed by atoms with Gasteiger partial charge in [-0.25, -0.2) is 0 Å². The predicted octanol–water partition coefficient (Wildman–Crippen LogP) is 6.31. The van der Waals surface area contributed by atoms with E-state index in [1.165, 1.54) is 46.7 Å². The number of hydrogen-bond donors (Lipinski definition) is 3. The van der Waals surface area contributed by atoms with E-state index in [0.717, 1.165) is 5.56 Å². The smallest absolute Gasteiger partial charge is 0.164 e. The molecule has 0 saturated heterocycles. The molecule has 9 heteroatoms. The molecule has 4 rings (SSSR count). The van der Waals surface area contributed by atoms with Crippen molar-refractivity contribution >= 4 is 11.9 Å². The van der Waals surface area contributed by atoms with Gasteiger partial charge in [0.1, 0.15) is 11.5 Å². The monoisotopic (exact) mass is 588 g/mol. The zero-order chi connectivity index (χ0) is 31.1. The topological polar surface area (TPSA) is 124 Å². The number of methoxy groups -OCH3 is 5. The molecule has 9 nitrogen and oxygen atoms in total. The highest BCUT2D eigenvalue weighted by Gasteiger charge is 2.39. The molecule has 0 aromatic heterocycles.